The normalized spacial score (nSPS) is 10.6. The van der Waals surface area contributed by atoms with Crippen LogP contribution in [0.1, 0.15) is 5.56 Å². The number of esters is 1. The fraction of sp³-hybridized carbons (Fsp3) is 0.250. The van der Waals surface area contributed by atoms with Gasteiger partial charge in [0.15, 0.2) is 0 Å². The lowest BCUT2D eigenvalue weighted by molar-refractivity contribution is -0.139. The number of aromatic hydroxyl groups is 1. The van der Waals surface area contributed by atoms with Gasteiger partial charge in [0, 0.05) is 18.6 Å². The minimum atomic E-state index is -0.282. The van der Waals surface area contributed by atoms with Crippen LogP contribution < -0.4 is 0 Å². The Morgan fingerprint density at radius 3 is 2.94 bits per heavy atom. The van der Waals surface area contributed by atoms with E-state index in [-0.39, 0.29) is 18.1 Å². The van der Waals surface area contributed by atoms with E-state index < -0.39 is 0 Å². The number of carbonyl (C=O) groups is 1. The molecule has 0 spiro atoms. The van der Waals surface area contributed by atoms with E-state index >= 15 is 0 Å². The smallest absolute Gasteiger partial charge is 0.310 e. The van der Waals surface area contributed by atoms with Crippen LogP contribution in [0, 0.1) is 0 Å². The van der Waals surface area contributed by atoms with E-state index in [9.17, 15) is 9.90 Å². The molecule has 16 heavy (non-hydrogen) atoms. The third-order valence-electron chi connectivity index (χ3n) is 2.63. The number of hydrogen-bond donors (Lipinski definition) is 1. The van der Waals surface area contributed by atoms with Crippen molar-refractivity contribution in [1.82, 2.24) is 4.57 Å². The van der Waals surface area contributed by atoms with Crippen LogP contribution in [-0.2, 0) is 23.0 Å². The Balaban J connectivity index is 2.55. The number of nitrogens with zero attached hydrogens (tertiary/aromatic N) is 1. The highest BCUT2D eigenvalue weighted by Crippen LogP contribution is 2.28. The lowest BCUT2D eigenvalue weighted by Gasteiger charge is -1.99. The van der Waals surface area contributed by atoms with E-state index in [0.29, 0.717) is 0 Å². The Kier molecular flexibility index (Phi) is 2.56. The Bertz CT molecular complexity index is 542. The Labute approximate surface area is 93.1 Å². The van der Waals surface area contributed by atoms with Gasteiger partial charge >= 0.3 is 5.97 Å². The number of aryl methyl sites for hydroxylation is 1. The van der Waals surface area contributed by atoms with Gasteiger partial charge in [0.05, 0.1) is 19.0 Å². The summed E-state index contributed by atoms with van der Waals surface area (Å²) in [6.45, 7) is 0. The summed E-state index contributed by atoms with van der Waals surface area (Å²) in [6, 6.07) is 5.27. The van der Waals surface area contributed by atoms with Gasteiger partial charge in [-0.3, -0.25) is 4.79 Å². The maximum Gasteiger partial charge on any atom is 0.310 e. The van der Waals surface area contributed by atoms with Crippen LogP contribution in [0.5, 0.6) is 5.75 Å². The molecule has 0 amide bonds. The highest BCUT2D eigenvalue weighted by Gasteiger charge is 2.12. The lowest BCUT2D eigenvalue weighted by Crippen LogP contribution is -2.03. The molecule has 4 heteroatoms. The van der Waals surface area contributed by atoms with Gasteiger partial charge in [-0.05, 0) is 11.6 Å². The fourth-order valence-electron chi connectivity index (χ4n) is 1.90. The fourth-order valence-corrected chi connectivity index (χ4v) is 1.90. The van der Waals surface area contributed by atoms with Crippen molar-refractivity contribution in [1.29, 1.82) is 0 Å². The lowest BCUT2D eigenvalue weighted by atomic mass is 10.1. The molecule has 0 aliphatic rings. The van der Waals surface area contributed by atoms with Crippen LogP contribution in [-0.4, -0.2) is 22.8 Å². The number of carbonyl (C=O) groups excluding carboxylic acids is 1. The van der Waals surface area contributed by atoms with E-state index in [1.165, 1.54) is 7.11 Å². The molecule has 0 fully saturated rings. The Hall–Kier alpha value is -1.97. The number of aromatic nitrogens is 1. The number of phenolic OH excluding ortho intramolecular Hbond substituents is 1. The predicted molar refractivity (Wildman–Crippen MR) is 60.3 cm³/mol. The average molecular weight is 219 g/mol. The molecular weight excluding hydrogens is 206 g/mol. The molecule has 1 heterocycles. The molecule has 0 aliphatic heterocycles. The molecule has 84 valence electrons. The number of hydrogen-bond acceptors (Lipinski definition) is 3. The van der Waals surface area contributed by atoms with Gasteiger partial charge in [0.2, 0.25) is 0 Å². The highest BCUT2D eigenvalue weighted by atomic mass is 16.5. The monoisotopic (exact) mass is 219 g/mol. The quantitative estimate of drug-likeness (QED) is 0.780. The maximum atomic E-state index is 11.2. The van der Waals surface area contributed by atoms with Crippen LogP contribution in [0.3, 0.4) is 0 Å². The van der Waals surface area contributed by atoms with Gasteiger partial charge in [-0.15, -0.1) is 0 Å². The summed E-state index contributed by atoms with van der Waals surface area (Å²) in [7, 11) is 3.20. The zero-order chi connectivity index (χ0) is 11.7. The Morgan fingerprint density at radius 1 is 1.50 bits per heavy atom. The summed E-state index contributed by atoms with van der Waals surface area (Å²) in [5.74, 6) is -0.0630. The largest absolute Gasteiger partial charge is 0.506 e. The predicted octanol–water partition coefficient (Wildman–Crippen LogP) is 1.60. The molecule has 0 saturated heterocycles. The molecule has 2 rings (SSSR count). The molecule has 0 atom stereocenters. The topological polar surface area (TPSA) is 51.5 Å². The number of fused-ring (bicyclic) bond motifs is 1. The third kappa shape index (κ3) is 1.62. The van der Waals surface area contributed by atoms with Gasteiger partial charge in [0.1, 0.15) is 5.75 Å². The van der Waals surface area contributed by atoms with Crippen molar-refractivity contribution in [2.45, 2.75) is 6.42 Å². The first-order valence-electron chi connectivity index (χ1n) is 4.96. The second-order valence-corrected chi connectivity index (χ2v) is 3.69. The number of methoxy groups -OCH3 is 1. The van der Waals surface area contributed by atoms with Crippen molar-refractivity contribution < 1.29 is 14.6 Å². The molecular formula is C12H13NO3. The molecule has 1 aromatic carbocycles. The zero-order valence-electron chi connectivity index (χ0n) is 9.23. The summed E-state index contributed by atoms with van der Waals surface area (Å²) in [5.41, 5.74) is 1.60. The molecule has 0 unspecified atom stereocenters. The van der Waals surface area contributed by atoms with Crippen molar-refractivity contribution in [3.05, 3.63) is 30.0 Å². The zero-order valence-corrected chi connectivity index (χ0v) is 9.23. The summed E-state index contributed by atoms with van der Waals surface area (Å²) in [4.78, 5) is 11.2. The van der Waals surface area contributed by atoms with E-state index in [2.05, 4.69) is 4.74 Å². The number of para-hydroxylation sites is 1. The maximum absolute atomic E-state index is 11.2. The van der Waals surface area contributed by atoms with Crippen LogP contribution in [0.4, 0.5) is 0 Å². The van der Waals surface area contributed by atoms with Crippen LogP contribution in [0.15, 0.2) is 24.4 Å². The van der Waals surface area contributed by atoms with Gasteiger partial charge in [0.25, 0.3) is 0 Å². The van der Waals surface area contributed by atoms with Crippen LogP contribution in [0.25, 0.3) is 10.9 Å². The number of benzene rings is 1. The second-order valence-electron chi connectivity index (χ2n) is 3.69. The first-order valence-corrected chi connectivity index (χ1v) is 4.96. The highest BCUT2D eigenvalue weighted by molar-refractivity contribution is 5.91. The van der Waals surface area contributed by atoms with E-state index in [0.717, 1.165) is 16.5 Å². The van der Waals surface area contributed by atoms with Crippen molar-refractivity contribution in [2.24, 2.45) is 7.05 Å². The summed E-state index contributed by atoms with van der Waals surface area (Å²) >= 11 is 0. The second kappa shape index (κ2) is 3.89. The molecule has 1 aromatic heterocycles. The number of ether oxygens (including phenoxy) is 1. The van der Waals surface area contributed by atoms with E-state index in [1.54, 1.807) is 12.1 Å². The minimum Gasteiger partial charge on any atom is -0.506 e. The van der Waals surface area contributed by atoms with Crippen LogP contribution >= 0.6 is 0 Å². The van der Waals surface area contributed by atoms with Crippen LogP contribution in [0.2, 0.25) is 0 Å². The molecule has 4 nitrogen and oxygen atoms in total. The van der Waals surface area contributed by atoms with Crippen molar-refractivity contribution in [2.75, 3.05) is 7.11 Å². The molecule has 0 bridgehead atoms. The van der Waals surface area contributed by atoms with Gasteiger partial charge < -0.3 is 14.4 Å². The number of phenols is 1. The molecule has 2 aromatic rings. The molecule has 0 radical (unpaired) electrons. The van der Waals surface area contributed by atoms with Gasteiger partial charge in [-0.2, -0.15) is 0 Å². The van der Waals surface area contributed by atoms with Crippen molar-refractivity contribution in [3.63, 3.8) is 0 Å². The summed E-state index contributed by atoms with van der Waals surface area (Å²) < 4.78 is 6.44. The molecule has 0 saturated carbocycles. The number of rotatable bonds is 2. The standard InChI is InChI=1S/C12H13NO3/c1-13-7-8(6-11(15)16-2)9-4-3-5-10(14)12(9)13/h3-5,7,14H,6H2,1-2H3. The van der Waals surface area contributed by atoms with E-state index in [4.69, 9.17) is 0 Å². The van der Waals surface area contributed by atoms with Crippen molar-refractivity contribution >= 4 is 16.9 Å². The van der Waals surface area contributed by atoms with E-state index in [1.807, 2.05) is 23.9 Å². The third-order valence-corrected chi connectivity index (χ3v) is 2.63. The van der Waals surface area contributed by atoms with Gasteiger partial charge in [-0.1, -0.05) is 12.1 Å². The van der Waals surface area contributed by atoms with Crippen molar-refractivity contribution in [3.8, 4) is 5.75 Å². The summed E-state index contributed by atoms with van der Waals surface area (Å²) in [6.07, 6.45) is 2.05. The van der Waals surface area contributed by atoms with Gasteiger partial charge in [-0.25, -0.2) is 0 Å². The SMILES string of the molecule is COC(=O)Cc1cn(C)c2c(O)cccc12. The molecule has 0 aliphatic carbocycles. The first kappa shape index (κ1) is 10.5. The minimum absolute atomic E-state index is 0.219. The average Bonchev–Trinajstić information content (AvgIpc) is 2.57. The molecule has 1 N–H and O–H groups in total. The first-order chi connectivity index (χ1) is 7.63. The summed E-state index contributed by atoms with van der Waals surface area (Å²) in [5, 5.41) is 10.6. The Morgan fingerprint density at radius 2 is 2.25 bits per heavy atom.